The predicted molar refractivity (Wildman–Crippen MR) is 104 cm³/mol. The number of thiazole rings is 2. The first kappa shape index (κ1) is 15.2. The summed E-state index contributed by atoms with van der Waals surface area (Å²) in [7, 11) is 0. The van der Waals surface area contributed by atoms with Crippen LogP contribution in [0.3, 0.4) is 0 Å². The molecule has 0 saturated heterocycles. The lowest BCUT2D eigenvalue weighted by Gasteiger charge is -1.96. The predicted octanol–water partition coefficient (Wildman–Crippen LogP) is 6.22. The third kappa shape index (κ3) is 2.79. The van der Waals surface area contributed by atoms with E-state index in [9.17, 15) is 0 Å². The minimum Gasteiger partial charge on any atom is -0.233 e. The van der Waals surface area contributed by atoms with Crippen molar-refractivity contribution in [2.24, 2.45) is 0 Å². The maximum atomic E-state index is 4.86. The molecular formula is C20H16N2S2. The Morgan fingerprint density at radius 1 is 0.583 bits per heavy atom. The zero-order chi connectivity index (χ0) is 16.5. The van der Waals surface area contributed by atoms with E-state index in [1.54, 1.807) is 22.7 Å². The van der Waals surface area contributed by atoms with Gasteiger partial charge in [0, 0.05) is 20.9 Å². The Balaban J connectivity index is 1.76. The van der Waals surface area contributed by atoms with Crippen LogP contribution in [0.4, 0.5) is 0 Å². The molecule has 4 heteroatoms. The summed E-state index contributed by atoms with van der Waals surface area (Å²) >= 11 is 3.43. The van der Waals surface area contributed by atoms with Gasteiger partial charge in [0.25, 0.3) is 0 Å². The fourth-order valence-electron chi connectivity index (χ4n) is 2.70. The van der Waals surface area contributed by atoms with E-state index >= 15 is 0 Å². The van der Waals surface area contributed by atoms with Crippen LogP contribution in [0.1, 0.15) is 9.75 Å². The van der Waals surface area contributed by atoms with Gasteiger partial charge in [0.15, 0.2) is 10.0 Å². The van der Waals surface area contributed by atoms with Crippen molar-refractivity contribution in [3.05, 3.63) is 70.4 Å². The van der Waals surface area contributed by atoms with Gasteiger partial charge in [-0.2, -0.15) is 0 Å². The second-order valence-corrected chi connectivity index (χ2v) is 7.99. The summed E-state index contributed by atoms with van der Waals surface area (Å²) in [6.45, 7) is 4.25. The monoisotopic (exact) mass is 348 g/mol. The minimum atomic E-state index is 1.00. The molecule has 2 nitrogen and oxygen atoms in total. The quantitative estimate of drug-likeness (QED) is 0.439. The number of aryl methyl sites for hydroxylation is 2. The molecule has 2 aromatic carbocycles. The molecule has 4 rings (SSSR count). The van der Waals surface area contributed by atoms with Crippen LogP contribution in [0.25, 0.3) is 32.5 Å². The van der Waals surface area contributed by atoms with Crippen molar-refractivity contribution in [2.75, 3.05) is 0 Å². The summed E-state index contributed by atoms with van der Waals surface area (Å²) in [5.74, 6) is 0. The Morgan fingerprint density at radius 2 is 0.958 bits per heavy atom. The molecule has 4 aromatic rings. The lowest BCUT2D eigenvalue weighted by molar-refractivity contribution is 1.33. The van der Waals surface area contributed by atoms with Crippen molar-refractivity contribution in [1.29, 1.82) is 0 Å². The van der Waals surface area contributed by atoms with Crippen molar-refractivity contribution < 1.29 is 0 Å². The van der Waals surface area contributed by atoms with Gasteiger partial charge >= 0.3 is 0 Å². The van der Waals surface area contributed by atoms with Crippen LogP contribution < -0.4 is 0 Å². The summed E-state index contributed by atoms with van der Waals surface area (Å²) in [5, 5.41) is 2.00. The van der Waals surface area contributed by atoms with Crippen LogP contribution in [0.15, 0.2) is 60.7 Å². The zero-order valence-electron chi connectivity index (χ0n) is 13.5. The molecule has 0 unspecified atom stereocenters. The maximum absolute atomic E-state index is 4.86. The van der Waals surface area contributed by atoms with Crippen molar-refractivity contribution in [3.8, 4) is 32.5 Å². The molecule has 24 heavy (non-hydrogen) atoms. The highest BCUT2D eigenvalue weighted by Crippen LogP contribution is 2.38. The summed E-state index contributed by atoms with van der Waals surface area (Å²) in [6, 6.07) is 20.7. The molecule has 2 aromatic heterocycles. The van der Waals surface area contributed by atoms with Crippen LogP contribution in [0, 0.1) is 13.8 Å². The summed E-state index contributed by atoms with van der Waals surface area (Å²) < 4.78 is 0. The van der Waals surface area contributed by atoms with E-state index in [1.165, 1.54) is 9.75 Å². The molecule has 0 radical (unpaired) electrons. The Labute approximate surface area is 149 Å². The highest BCUT2D eigenvalue weighted by atomic mass is 32.1. The first-order chi connectivity index (χ1) is 11.7. The second kappa shape index (κ2) is 6.30. The molecular weight excluding hydrogens is 332 g/mol. The van der Waals surface area contributed by atoms with E-state index < -0.39 is 0 Å². The molecule has 0 spiro atoms. The summed E-state index contributed by atoms with van der Waals surface area (Å²) in [4.78, 5) is 12.2. The molecule has 0 aliphatic rings. The molecule has 0 aliphatic heterocycles. The van der Waals surface area contributed by atoms with Gasteiger partial charge < -0.3 is 0 Å². The van der Waals surface area contributed by atoms with E-state index in [2.05, 4.69) is 62.4 Å². The fourth-order valence-corrected chi connectivity index (χ4v) is 4.59. The van der Waals surface area contributed by atoms with E-state index in [1.807, 2.05) is 12.1 Å². The topological polar surface area (TPSA) is 25.8 Å². The minimum absolute atomic E-state index is 1.00. The lowest BCUT2D eigenvalue weighted by atomic mass is 10.1. The Morgan fingerprint density at radius 3 is 1.33 bits per heavy atom. The van der Waals surface area contributed by atoms with Crippen molar-refractivity contribution in [2.45, 2.75) is 13.8 Å². The first-order valence-corrected chi connectivity index (χ1v) is 9.42. The van der Waals surface area contributed by atoms with Gasteiger partial charge in [0.1, 0.15) is 0 Å². The van der Waals surface area contributed by atoms with Crippen molar-refractivity contribution in [1.82, 2.24) is 9.97 Å². The molecule has 2 heterocycles. The average Bonchev–Trinajstić information content (AvgIpc) is 3.19. The Hall–Kier alpha value is -2.30. The van der Waals surface area contributed by atoms with Crippen LogP contribution >= 0.6 is 22.7 Å². The van der Waals surface area contributed by atoms with Crippen LogP contribution in [-0.4, -0.2) is 9.97 Å². The molecule has 0 aliphatic carbocycles. The molecule has 0 atom stereocenters. The van der Waals surface area contributed by atoms with E-state index in [-0.39, 0.29) is 0 Å². The number of rotatable bonds is 3. The van der Waals surface area contributed by atoms with Gasteiger partial charge in [0.2, 0.25) is 0 Å². The molecule has 0 N–H and O–H groups in total. The number of hydrogen-bond donors (Lipinski definition) is 0. The first-order valence-electron chi connectivity index (χ1n) is 7.78. The smallest absolute Gasteiger partial charge is 0.153 e. The molecule has 0 saturated carbocycles. The largest absolute Gasteiger partial charge is 0.233 e. The van der Waals surface area contributed by atoms with E-state index in [0.29, 0.717) is 0 Å². The Bertz CT molecular complexity index is 888. The normalized spacial score (nSPS) is 10.9. The average molecular weight is 348 g/mol. The second-order valence-electron chi connectivity index (χ2n) is 5.58. The number of benzene rings is 2. The SMILES string of the molecule is Cc1sc(-c2nc(-c3ccccc3)c(C)s2)nc1-c1ccccc1. The van der Waals surface area contributed by atoms with Gasteiger partial charge in [-0.05, 0) is 13.8 Å². The number of nitrogens with zero attached hydrogens (tertiary/aromatic N) is 2. The third-order valence-electron chi connectivity index (χ3n) is 3.87. The van der Waals surface area contributed by atoms with Crippen molar-refractivity contribution in [3.63, 3.8) is 0 Å². The Kier molecular flexibility index (Phi) is 4.00. The number of aromatic nitrogens is 2. The van der Waals surface area contributed by atoms with E-state index in [0.717, 1.165) is 32.5 Å². The maximum Gasteiger partial charge on any atom is 0.153 e. The molecule has 118 valence electrons. The van der Waals surface area contributed by atoms with Gasteiger partial charge in [-0.3, -0.25) is 0 Å². The van der Waals surface area contributed by atoms with Gasteiger partial charge in [-0.1, -0.05) is 60.7 Å². The van der Waals surface area contributed by atoms with Crippen LogP contribution in [0.5, 0.6) is 0 Å². The summed E-state index contributed by atoms with van der Waals surface area (Å²) in [6.07, 6.45) is 0. The van der Waals surface area contributed by atoms with Gasteiger partial charge in [-0.25, -0.2) is 9.97 Å². The van der Waals surface area contributed by atoms with E-state index in [4.69, 9.17) is 9.97 Å². The van der Waals surface area contributed by atoms with Gasteiger partial charge in [-0.15, -0.1) is 22.7 Å². The third-order valence-corrected chi connectivity index (χ3v) is 5.95. The number of hydrogen-bond acceptors (Lipinski definition) is 4. The molecule has 0 amide bonds. The van der Waals surface area contributed by atoms with Crippen LogP contribution in [-0.2, 0) is 0 Å². The highest BCUT2D eigenvalue weighted by molar-refractivity contribution is 7.21. The van der Waals surface area contributed by atoms with Crippen LogP contribution in [0.2, 0.25) is 0 Å². The summed E-state index contributed by atoms with van der Waals surface area (Å²) in [5.41, 5.74) is 4.44. The zero-order valence-corrected chi connectivity index (χ0v) is 15.1. The fraction of sp³-hybridized carbons (Fsp3) is 0.100. The van der Waals surface area contributed by atoms with Crippen molar-refractivity contribution >= 4 is 22.7 Å². The lowest BCUT2D eigenvalue weighted by Crippen LogP contribution is -1.82. The molecule has 0 bridgehead atoms. The highest BCUT2D eigenvalue weighted by Gasteiger charge is 2.16. The molecule has 0 fully saturated rings. The standard InChI is InChI=1S/C20H16N2S2/c1-13-17(15-9-5-3-6-10-15)21-19(23-13)20-22-18(14(2)24-20)16-11-7-4-8-12-16/h3-12H,1-2H3. The van der Waals surface area contributed by atoms with Gasteiger partial charge in [0.05, 0.1) is 11.4 Å².